The Bertz CT molecular complexity index is 732. The molecular formula is C18H18O4. The zero-order chi connectivity index (χ0) is 16.3. The van der Waals surface area contributed by atoms with Crippen LogP contribution in [0.4, 0.5) is 0 Å². The molecular weight excluding hydrogens is 280 g/mol. The molecule has 0 radical (unpaired) electrons. The van der Waals surface area contributed by atoms with E-state index in [1.807, 2.05) is 6.92 Å². The van der Waals surface area contributed by atoms with Gasteiger partial charge in [0.1, 0.15) is 11.5 Å². The molecule has 2 rings (SSSR count). The van der Waals surface area contributed by atoms with E-state index in [-0.39, 0.29) is 11.8 Å². The Morgan fingerprint density at radius 3 is 1.77 bits per heavy atom. The van der Waals surface area contributed by atoms with Crippen LogP contribution in [0.15, 0.2) is 36.4 Å². The molecule has 0 aliphatic rings. The number of aryl methyl sites for hydroxylation is 2. The Morgan fingerprint density at radius 1 is 0.864 bits per heavy atom. The SMILES string of the molecule is COc1ccc(C(=O)c2ccc(OC(C)=O)c(C)c2)cc1C. The fourth-order valence-electron chi connectivity index (χ4n) is 2.25. The fourth-order valence-corrected chi connectivity index (χ4v) is 2.25. The molecule has 0 spiro atoms. The summed E-state index contributed by atoms with van der Waals surface area (Å²) in [7, 11) is 1.60. The Kier molecular flexibility index (Phi) is 4.61. The Balaban J connectivity index is 2.31. The quantitative estimate of drug-likeness (QED) is 0.493. The lowest BCUT2D eigenvalue weighted by Gasteiger charge is -2.09. The monoisotopic (exact) mass is 298 g/mol. The predicted molar refractivity (Wildman–Crippen MR) is 83.7 cm³/mol. The normalized spacial score (nSPS) is 10.2. The van der Waals surface area contributed by atoms with Gasteiger partial charge in [-0.05, 0) is 61.4 Å². The molecule has 0 N–H and O–H groups in total. The molecule has 0 bridgehead atoms. The molecule has 0 unspecified atom stereocenters. The highest BCUT2D eigenvalue weighted by Crippen LogP contribution is 2.23. The van der Waals surface area contributed by atoms with Crippen molar-refractivity contribution in [1.29, 1.82) is 0 Å². The summed E-state index contributed by atoms with van der Waals surface area (Å²) in [6.45, 7) is 5.04. The molecule has 0 saturated heterocycles. The van der Waals surface area contributed by atoms with Crippen molar-refractivity contribution in [2.75, 3.05) is 7.11 Å². The molecule has 0 aliphatic heterocycles. The molecule has 2 aromatic rings. The summed E-state index contributed by atoms with van der Waals surface area (Å²) in [5.41, 5.74) is 2.80. The van der Waals surface area contributed by atoms with Crippen molar-refractivity contribution in [2.45, 2.75) is 20.8 Å². The number of hydrogen-bond acceptors (Lipinski definition) is 4. The van der Waals surface area contributed by atoms with E-state index in [9.17, 15) is 9.59 Å². The number of ketones is 1. The Hall–Kier alpha value is -2.62. The lowest BCUT2D eigenvalue weighted by Crippen LogP contribution is -2.06. The van der Waals surface area contributed by atoms with Gasteiger partial charge in [0.2, 0.25) is 0 Å². The van der Waals surface area contributed by atoms with E-state index in [1.165, 1.54) is 6.92 Å². The van der Waals surface area contributed by atoms with Gasteiger partial charge < -0.3 is 9.47 Å². The van der Waals surface area contributed by atoms with Gasteiger partial charge in [0.05, 0.1) is 7.11 Å². The molecule has 4 heteroatoms. The van der Waals surface area contributed by atoms with Crippen LogP contribution >= 0.6 is 0 Å². The van der Waals surface area contributed by atoms with Crippen molar-refractivity contribution in [3.05, 3.63) is 58.7 Å². The number of hydrogen-bond donors (Lipinski definition) is 0. The molecule has 0 atom stereocenters. The topological polar surface area (TPSA) is 52.6 Å². The summed E-state index contributed by atoms with van der Waals surface area (Å²) >= 11 is 0. The predicted octanol–water partition coefficient (Wildman–Crippen LogP) is 3.47. The zero-order valence-electron chi connectivity index (χ0n) is 13.1. The molecule has 22 heavy (non-hydrogen) atoms. The maximum absolute atomic E-state index is 12.5. The van der Waals surface area contributed by atoms with Crippen LogP contribution in [-0.2, 0) is 4.79 Å². The number of rotatable bonds is 4. The smallest absolute Gasteiger partial charge is 0.308 e. The first kappa shape index (κ1) is 15.8. The van der Waals surface area contributed by atoms with Crippen LogP contribution in [0.25, 0.3) is 0 Å². The van der Waals surface area contributed by atoms with E-state index in [2.05, 4.69) is 0 Å². The minimum atomic E-state index is -0.382. The van der Waals surface area contributed by atoms with E-state index in [4.69, 9.17) is 9.47 Å². The minimum Gasteiger partial charge on any atom is -0.496 e. The molecule has 4 nitrogen and oxygen atoms in total. The number of benzene rings is 2. The van der Waals surface area contributed by atoms with Gasteiger partial charge in [0.25, 0.3) is 0 Å². The van der Waals surface area contributed by atoms with E-state index in [0.29, 0.717) is 16.9 Å². The van der Waals surface area contributed by atoms with E-state index in [1.54, 1.807) is 50.4 Å². The molecule has 0 aromatic heterocycles. The van der Waals surface area contributed by atoms with Gasteiger partial charge in [-0.25, -0.2) is 0 Å². The number of carbonyl (C=O) groups is 2. The first-order valence-electron chi connectivity index (χ1n) is 6.90. The fraction of sp³-hybridized carbons (Fsp3) is 0.222. The minimum absolute atomic E-state index is 0.0803. The summed E-state index contributed by atoms with van der Waals surface area (Å²) in [5, 5.41) is 0. The molecule has 0 aliphatic carbocycles. The highest BCUT2D eigenvalue weighted by molar-refractivity contribution is 6.09. The maximum Gasteiger partial charge on any atom is 0.308 e. The molecule has 0 heterocycles. The lowest BCUT2D eigenvalue weighted by atomic mass is 9.99. The molecule has 114 valence electrons. The molecule has 0 amide bonds. The van der Waals surface area contributed by atoms with Crippen LogP contribution in [0, 0.1) is 13.8 Å². The van der Waals surface area contributed by atoms with Crippen LogP contribution in [0.3, 0.4) is 0 Å². The Morgan fingerprint density at radius 2 is 1.36 bits per heavy atom. The molecule has 0 saturated carbocycles. The third-order valence-electron chi connectivity index (χ3n) is 3.35. The summed E-state index contributed by atoms with van der Waals surface area (Å²) in [5.74, 6) is 0.754. The third kappa shape index (κ3) is 3.34. The van der Waals surface area contributed by atoms with Crippen LogP contribution in [0.1, 0.15) is 34.0 Å². The number of carbonyl (C=O) groups excluding carboxylic acids is 2. The van der Waals surface area contributed by atoms with Crippen LogP contribution in [0.2, 0.25) is 0 Å². The standard InChI is InChI=1S/C18H18O4/c1-11-9-14(5-7-16(11)21-4)18(20)15-6-8-17(12(2)10-15)22-13(3)19/h5-10H,1-4H3. The van der Waals surface area contributed by atoms with E-state index in [0.717, 1.165) is 16.9 Å². The van der Waals surface area contributed by atoms with Crippen molar-refractivity contribution < 1.29 is 19.1 Å². The second-order valence-electron chi connectivity index (χ2n) is 5.09. The van der Waals surface area contributed by atoms with Gasteiger partial charge in [-0.2, -0.15) is 0 Å². The number of esters is 1. The summed E-state index contributed by atoms with van der Waals surface area (Å²) < 4.78 is 10.3. The van der Waals surface area contributed by atoms with Gasteiger partial charge in [0, 0.05) is 18.1 Å². The molecule has 0 fully saturated rings. The average molecular weight is 298 g/mol. The largest absolute Gasteiger partial charge is 0.496 e. The highest BCUT2D eigenvalue weighted by atomic mass is 16.5. The zero-order valence-corrected chi connectivity index (χ0v) is 13.1. The van der Waals surface area contributed by atoms with Crippen molar-refractivity contribution in [2.24, 2.45) is 0 Å². The second-order valence-corrected chi connectivity index (χ2v) is 5.09. The van der Waals surface area contributed by atoms with Crippen molar-refractivity contribution in [3.63, 3.8) is 0 Å². The third-order valence-corrected chi connectivity index (χ3v) is 3.35. The number of ether oxygens (including phenoxy) is 2. The first-order valence-corrected chi connectivity index (χ1v) is 6.90. The van der Waals surface area contributed by atoms with Crippen LogP contribution in [0.5, 0.6) is 11.5 Å². The van der Waals surface area contributed by atoms with Gasteiger partial charge in [-0.15, -0.1) is 0 Å². The maximum atomic E-state index is 12.5. The van der Waals surface area contributed by atoms with Gasteiger partial charge in [0.15, 0.2) is 5.78 Å². The van der Waals surface area contributed by atoms with Crippen molar-refractivity contribution >= 4 is 11.8 Å². The summed E-state index contributed by atoms with van der Waals surface area (Å²) in [4.78, 5) is 23.5. The average Bonchev–Trinajstić information content (AvgIpc) is 2.48. The summed E-state index contributed by atoms with van der Waals surface area (Å²) in [6, 6.07) is 10.3. The molecule has 2 aromatic carbocycles. The van der Waals surface area contributed by atoms with Gasteiger partial charge in [-0.1, -0.05) is 0 Å². The summed E-state index contributed by atoms with van der Waals surface area (Å²) in [6.07, 6.45) is 0. The van der Waals surface area contributed by atoms with Crippen molar-refractivity contribution in [3.8, 4) is 11.5 Å². The van der Waals surface area contributed by atoms with Crippen molar-refractivity contribution in [1.82, 2.24) is 0 Å². The van der Waals surface area contributed by atoms with E-state index < -0.39 is 0 Å². The van der Waals surface area contributed by atoms with Crippen LogP contribution < -0.4 is 9.47 Å². The Labute approximate surface area is 129 Å². The van der Waals surface area contributed by atoms with Gasteiger partial charge in [-0.3, -0.25) is 9.59 Å². The van der Waals surface area contributed by atoms with E-state index >= 15 is 0 Å². The van der Waals surface area contributed by atoms with Gasteiger partial charge >= 0.3 is 5.97 Å². The first-order chi connectivity index (χ1) is 10.4. The second kappa shape index (κ2) is 6.43. The lowest BCUT2D eigenvalue weighted by molar-refractivity contribution is -0.131. The number of methoxy groups -OCH3 is 1. The van der Waals surface area contributed by atoms with Crippen LogP contribution in [-0.4, -0.2) is 18.9 Å². The highest BCUT2D eigenvalue weighted by Gasteiger charge is 2.13.